The quantitative estimate of drug-likeness (QED) is 0.823. The second-order valence-electron chi connectivity index (χ2n) is 5.07. The van der Waals surface area contributed by atoms with Gasteiger partial charge in [0.05, 0.1) is 0 Å². The van der Waals surface area contributed by atoms with Crippen LogP contribution in [0.15, 0.2) is 12.1 Å². The van der Waals surface area contributed by atoms with Gasteiger partial charge in [-0.1, -0.05) is 13.0 Å². The number of hydrogen-bond donors (Lipinski definition) is 1. The van der Waals surface area contributed by atoms with Crippen molar-refractivity contribution in [3.05, 3.63) is 29.3 Å². The average molecular weight is 225 g/mol. The second-order valence-corrected chi connectivity index (χ2v) is 5.07. The zero-order valence-electron chi connectivity index (χ0n) is 9.90. The molecule has 2 rings (SSSR count). The minimum atomic E-state index is -0.515. The van der Waals surface area contributed by atoms with Crippen LogP contribution in [0.3, 0.4) is 0 Å². The van der Waals surface area contributed by atoms with Gasteiger partial charge in [-0.2, -0.15) is 0 Å². The standard InChI is InChI=1S/C13H17F2N/c1-8-4-5-10(14)12(11(8)15)16-9(2)13(3)6-7-13/h4-5,9,16H,6-7H2,1-3H3. The lowest BCUT2D eigenvalue weighted by Gasteiger charge is -2.22. The third-order valence-corrected chi connectivity index (χ3v) is 3.73. The first-order valence-corrected chi connectivity index (χ1v) is 5.65. The Morgan fingerprint density at radius 3 is 2.50 bits per heavy atom. The van der Waals surface area contributed by atoms with Gasteiger partial charge in [-0.3, -0.25) is 0 Å². The lowest BCUT2D eigenvalue weighted by atomic mass is 10.0. The molecular formula is C13H17F2N. The molecule has 0 amide bonds. The van der Waals surface area contributed by atoms with E-state index in [4.69, 9.17) is 0 Å². The fraction of sp³-hybridized carbons (Fsp3) is 0.538. The summed E-state index contributed by atoms with van der Waals surface area (Å²) >= 11 is 0. The topological polar surface area (TPSA) is 12.0 Å². The summed E-state index contributed by atoms with van der Waals surface area (Å²) in [5.41, 5.74) is 0.681. The molecule has 0 aliphatic heterocycles. The fourth-order valence-electron chi connectivity index (χ4n) is 1.81. The lowest BCUT2D eigenvalue weighted by Crippen LogP contribution is -2.26. The highest BCUT2D eigenvalue weighted by Crippen LogP contribution is 2.49. The third-order valence-electron chi connectivity index (χ3n) is 3.73. The van der Waals surface area contributed by atoms with E-state index in [-0.39, 0.29) is 17.1 Å². The highest BCUT2D eigenvalue weighted by atomic mass is 19.1. The summed E-state index contributed by atoms with van der Waals surface area (Å²) in [7, 11) is 0. The van der Waals surface area contributed by atoms with Crippen molar-refractivity contribution in [3.8, 4) is 0 Å². The number of nitrogens with one attached hydrogen (secondary N) is 1. The van der Waals surface area contributed by atoms with Gasteiger partial charge < -0.3 is 5.32 Å². The molecule has 16 heavy (non-hydrogen) atoms. The van der Waals surface area contributed by atoms with E-state index >= 15 is 0 Å². The zero-order chi connectivity index (χ0) is 11.9. The largest absolute Gasteiger partial charge is 0.377 e. The number of halogens is 2. The van der Waals surface area contributed by atoms with Crippen molar-refractivity contribution < 1.29 is 8.78 Å². The molecule has 3 heteroatoms. The number of rotatable bonds is 3. The van der Waals surface area contributed by atoms with Crippen molar-refractivity contribution in [1.29, 1.82) is 0 Å². The number of benzene rings is 1. The van der Waals surface area contributed by atoms with E-state index in [0.717, 1.165) is 12.8 Å². The molecule has 88 valence electrons. The normalized spacial score (nSPS) is 19.3. The first-order chi connectivity index (χ1) is 7.44. The monoisotopic (exact) mass is 225 g/mol. The third kappa shape index (κ3) is 1.91. The van der Waals surface area contributed by atoms with Crippen LogP contribution in [-0.4, -0.2) is 6.04 Å². The molecule has 0 spiro atoms. The van der Waals surface area contributed by atoms with Gasteiger partial charge in [-0.25, -0.2) is 8.78 Å². The number of aryl methyl sites for hydroxylation is 1. The van der Waals surface area contributed by atoms with Crippen LogP contribution in [0.1, 0.15) is 32.3 Å². The molecule has 0 aromatic heterocycles. The minimum absolute atomic E-state index is 0.0145. The number of anilines is 1. The second kappa shape index (κ2) is 3.72. The van der Waals surface area contributed by atoms with Crippen molar-refractivity contribution in [3.63, 3.8) is 0 Å². The first-order valence-electron chi connectivity index (χ1n) is 5.65. The molecular weight excluding hydrogens is 208 g/mol. The Morgan fingerprint density at radius 2 is 1.94 bits per heavy atom. The molecule has 1 aliphatic carbocycles. The Morgan fingerprint density at radius 1 is 1.31 bits per heavy atom. The summed E-state index contributed by atoms with van der Waals surface area (Å²) in [5, 5.41) is 2.97. The molecule has 1 aromatic rings. The first kappa shape index (κ1) is 11.4. The molecule has 0 heterocycles. The van der Waals surface area contributed by atoms with E-state index in [2.05, 4.69) is 12.2 Å². The van der Waals surface area contributed by atoms with Crippen molar-refractivity contribution in [2.24, 2.45) is 5.41 Å². The van der Waals surface area contributed by atoms with Crippen molar-refractivity contribution in [2.45, 2.75) is 39.7 Å². The van der Waals surface area contributed by atoms with Crippen molar-refractivity contribution >= 4 is 5.69 Å². The van der Waals surface area contributed by atoms with Crippen LogP contribution in [0.5, 0.6) is 0 Å². The van der Waals surface area contributed by atoms with Crippen LogP contribution in [0.4, 0.5) is 14.5 Å². The van der Waals surface area contributed by atoms with E-state index < -0.39 is 11.6 Å². The highest BCUT2D eigenvalue weighted by Gasteiger charge is 2.42. The van der Waals surface area contributed by atoms with E-state index in [1.807, 2.05) is 6.92 Å². The maximum absolute atomic E-state index is 13.7. The molecule has 1 aliphatic rings. The van der Waals surface area contributed by atoms with E-state index in [0.29, 0.717) is 5.56 Å². The molecule has 1 nitrogen and oxygen atoms in total. The summed E-state index contributed by atoms with van der Waals surface area (Å²) in [6.07, 6.45) is 2.24. The number of hydrogen-bond acceptors (Lipinski definition) is 1. The molecule has 1 fully saturated rings. The van der Waals surface area contributed by atoms with Crippen LogP contribution in [0.25, 0.3) is 0 Å². The van der Waals surface area contributed by atoms with Crippen LogP contribution in [0.2, 0.25) is 0 Å². The lowest BCUT2D eigenvalue weighted by molar-refractivity contribution is 0.484. The fourth-order valence-corrected chi connectivity index (χ4v) is 1.81. The predicted molar refractivity (Wildman–Crippen MR) is 61.5 cm³/mol. The average Bonchev–Trinajstić information content (AvgIpc) is 2.98. The van der Waals surface area contributed by atoms with E-state index in [1.165, 1.54) is 12.1 Å². The molecule has 1 N–H and O–H groups in total. The van der Waals surface area contributed by atoms with Crippen molar-refractivity contribution in [1.82, 2.24) is 0 Å². The Bertz CT molecular complexity index is 411. The predicted octanol–water partition coefficient (Wildman–Crippen LogP) is 3.87. The van der Waals surface area contributed by atoms with E-state index in [9.17, 15) is 8.78 Å². The summed E-state index contributed by atoms with van der Waals surface area (Å²) in [6, 6.07) is 2.86. The molecule has 0 bridgehead atoms. The Balaban J connectivity index is 2.24. The molecule has 1 aromatic carbocycles. The van der Waals surface area contributed by atoms with Gasteiger partial charge in [-0.05, 0) is 43.7 Å². The van der Waals surface area contributed by atoms with Crippen LogP contribution in [0, 0.1) is 24.0 Å². The summed E-state index contributed by atoms with van der Waals surface area (Å²) in [5.74, 6) is -0.990. The summed E-state index contributed by atoms with van der Waals surface area (Å²) in [6.45, 7) is 5.76. The Hall–Kier alpha value is -1.12. The molecule has 1 unspecified atom stereocenters. The smallest absolute Gasteiger partial charge is 0.152 e. The Kier molecular flexibility index (Phi) is 2.64. The maximum Gasteiger partial charge on any atom is 0.152 e. The molecule has 1 saturated carbocycles. The van der Waals surface area contributed by atoms with Gasteiger partial charge >= 0.3 is 0 Å². The van der Waals surface area contributed by atoms with E-state index in [1.54, 1.807) is 6.92 Å². The highest BCUT2D eigenvalue weighted by molar-refractivity contribution is 5.50. The molecule has 0 saturated heterocycles. The molecule has 1 atom stereocenters. The molecule has 0 radical (unpaired) electrons. The van der Waals surface area contributed by atoms with Crippen LogP contribution >= 0.6 is 0 Å². The van der Waals surface area contributed by atoms with Crippen LogP contribution < -0.4 is 5.32 Å². The zero-order valence-corrected chi connectivity index (χ0v) is 9.90. The van der Waals surface area contributed by atoms with Gasteiger partial charge in [0.2, 0.25) is 0 Å². The SMILES string of the molecule is Cc1ccc(F)c(NC(C)C2(C)CC2)c1F. The van der Waals surface area contributed by atoms with Gasteiger partial charge in [0.15, 0.2) is 5.82 Å². The van der Waals surface area contributed by atoms with Gasteiger partial charge in [0, 0.05) is 6.04 Å². The maximum atomic E-state index is 13.7. The Labute approximate surface area is 94.9 Å². The van der Waals surface area contributed by atoms with Crippen molar-refractivity contribution in [2.75, 3.05) is 5.32 Å². The minimum Gasteiger partial charge on any atom is -0.377 e. The van der Waals surface area contributed by atoms with Gasteiger partial charge in [0.25, 0.3) is 0 Å². The van der Waals surface area contributed by atoms with Gasteiger partial charge in [-0.15, -0.1) is 0 Å². The summed E-state index contributed by atoms with van der Waals surface area (Å²) < 4.78 is 27.2. The van der Waals surface area contributed by atoms with Crippen LogP contribution in [-0.2, 0) is 0 Å². The van der Waals surface area contributed by atoms with Gasteiger partial charge in [0.1, 0.15) is 11.5 Å². The summed E-state index contributed by atoms with van der Waals surface area (Å²) in [4.78, 5) is 0.